The third-order valence-electron chi connectivity index (χ3n) is 6.03. The number of halogens is 1. The van der Waals surface area contributed by atoms with Gasteiger partial charge in [-0.15, -0.1) is 10.2 Å². The highest BCUT2D eigenvalue weighted by atomic mass is 19.1. The maximum atomic E-state index is 13.6. The van der Waals surface area contributed by atoms with Gasteiger partial charge in [-0.3, -0.25) is 0 Å². The number of aryl methyl sites for hydroxylation is 1. The van der Waals surface area contributed by atoms with E-state index in [-0.39, 0.29) is 5.82 Å². The Bertz CT molecular complexity index is 1580. The highest BCUT2D eigenvalue weighted by Crippen LogP contribution is 2.23. The van der Waals surface area contributed by atoms with E-state index in [1.54, 1.807) is 12.4 Å². The third kappa shape index (κ3) is 3.94. The smallest absolute Gasteiger partial charge is 0.182 e. The molecule has 0 fully saturated rings. The van der Waals surface area contributed by atoms with E-state index in [2.05, 4.69) is 35.8 Å². The van der Waals surface area contributed by atoms with Gasteiger partial charge in [0.05, 0.1) is 11.8 Å². The van der Waals surface area contributed by atoms with Gasteiger partial charge in [-0.25, -0.2) is 14.4 Å². The summed E-state index contributed by atoms with van der Waals surface area (Å²) >= 11 is 0. The zero-order chi connectivity index (χ0) is 22.9. The van der Waals surface area contributed by atoms with Crippen molar-refractivity contribution in [2.75, 3.05) is 0 Å². The summed E-state index contributed by atoms with van der Waals surface area (Å²) in [6.45, 7) is 0.736. The van der Waals surface area contributed by atoms with Gasteiger partial charge in [0.15, 0.2) is 5.82 Å². The predicted octanol–water partition coefficient (Wildman–Crippen LogP) is 5.06. The Hall–Kier alpha value is -4.33. The monoisotopic (exact) mass is 451 g/mol. The molecule has 0 unspecified atom stereocenters. The van der Waals surface area contributed by atoms with Gasteiger partial charge in [0, 0.05) is 41.5 Å². The molecule has 4 aromatic heterocycles. The van der Waals surface area contributed by atoms with Crippen LogP contribution in [0.2, 0.25) is 0 Å². The van der Waals surface area contributed by atoms with E-state index < -0.39 is 0 Å². The summed E-state index contributed by atoms with van der Waals surface area (Å²) in [5.41, 5.74) is 4.54. The summed E-state index contributed by atoms with van der Waals surface area (Å²) in [6.07, 6.45) is 5.87. The topological polar surface area (TPSA) is 88.1 Å². The van der Waals surface area contributed by atoms with Gasteiger partial charge in [-0.05, 0) is 54.6 Å². The Morgan fingerprint density at radius 1 is 0.912 bits per heavy atom. The molecule has 0 radical (unpaired) electrons. The number of para-hydroxylation sites is 1. The highest BCUT2D eigenvalue weighted by Gasteiger charge is 2.17. The molecule has 0 atom stereocenters. The molecular weight excluding hydrogens is 429 g/mol. The average molecular weight is 452 g/mol. The lowest BCUT2D eigenvalue weighted by molar-refractivity contribution is 0.616. The molecule has 6 rings (SSSR count). The van der Waals surface area contributed by atoms with Crippen molar-refractivity contribution in [3.63, 3.8) is 0 Å². The number of imidazole rings is 1. The molecule has 0 bridgehead atoms. The Kier molecular flexibility index (Phi) is 5.10. The number of hydrogen-bond acceptors (Lipinski definition) is 4. The molecule has 34 heavy (non-hydrogen) atoms. The molecule has 0 amide bonds. The second-order valence-corrected chi connectivity index (χ2v) is 8.36. The summed E-state index contributed by atoms with van der Waals surface area (Å²) in [5.74, 6) is 1.32. The van der Waals surface area contributed by atoms with Gasteiger partial charge < -0.3 is 14.5 Å². The van der Waals surface area contributed by atoms with Crippen molar-refractivity contribution in [1.82, 2.24) is 34.7 Å². The summed E-state index contributed by atoms with van der Waals surface area (Å²) < 4.78 is 15.8. The molecule has 4 heterocycles. The van der Waals surface area contributed by atoms with Crippen LogP contribution in [0.15, 0.2) is 73.2 Å². The standard InChI is InChI=1S/C26H22FN7/c27-19-9-7-18-12-21(30-24(18)13-19)14-25-32-33-26(34(25)11-3-5-20-15-28-16-29-20)23-10-8-17-4-1-2-6-22(17)31-23/h1-2,4,6-10,12-13,15-16,30H,3,5,11,14H2,(H,28,29). The number of H-pyrrole nitrogens is 2. The van der Waals surface area contributed by atoms with Crippen molar-refractivity contribution in [3.05, 3.63) is 96.2 Å². The number of aromatic nitrogens is 7. The van der Waals surface area contributed by atoms with Crippen LogP contribution in [0.25, 0.3) is 33.3 Å². The maximum Gasteiger partial charge on any atom is 0.182 e. The minimum Gasteiger partial charge on any atom is -0.358 e. The molecule has 2 aromatic carbocycles. The van der Waals surface area contributed by atoms with Crippen molar-refractivity contribution in [2.24, 2.45) is 0 Å². The molecule has 7 nitrogen and oxygen atoms in total. The van der Waals surface area contributed by atoms with E-state index >= 15 is 0 Å². The molecular formula is C26H22FN7. The fourth-order valence-electron chi connectivity index (χ4n) is 4.36. The number of nitrogens with one attached hydrogen (secondary N) is 2. The van der Waals surface area contributed by atoms with Crippen molar-refractivity contribution >= 4 is 21.8 Å². The normalized spacial score (nSPS) is 11.6. The first kappa shape index (κ1) is 20.3. The van der Waals surface area contributed by atoms with Crippen molar-refractivity contribution in [1.29, 1.82) is 0 Å². The van der Waals surface area contributed by atoms with Crippen LogP contribution in [0.1, 0.15) is 23.6 Å². The van der Waals surface area contributed by atoms with Crippen molar-refractivity contribution in [2.45, 2.75) is 25.8 Å². The molecule has 0 aliphatic heterocycles. The average Bonchev–Trinajstić information content (AvgIpc) is 3.59. The largest absolute Gasteiger partial charge is 0.358 e. The van der Waals surface area contributed by atoms with E-state index in [4.69, 9.17) is 4.98 Å². The summed E-state index contributed by atoms with van der Waals surface area (Å²) in [5, 5.41) is 11.1. The van der Waals surface area contributed by atoms with Gasteiger partial charge in [0.2, 0.25) is 0 Å². The van der Waals surface area contributed by atoms with Crippen LogP contribution in [0, 0.1) is 5.82 Å². The first-order valence-electron chi connectivity index (χ1n) is 11.3. The first-order chi connectivity index (χ1) is 16.7. The van der Waals surface area contributed by atoms with Crippen LogP contribution >= 0.6 is 0 Å². The first-order valence-corrected chi connectivity index (χ1v) is 11.3. The van der Waals surface area contributed by atoms with E-state index in [1.165, 1.54) is 12.1 Å². The van der Waals surface area contributed by atoms with Crippen LogP contribution in [-0.4, -0.2) is 34.7 Å². The van der Waals surface area contributed by atoms with Crippen LogP contribution in [-0.2, 0) is 19.4 Å². The molecule has 0 aliphatic rings. The Balaban J connectivity index is 1.35. The van der Waals surface area contributed by atoms with Crippen molar-refractivity contribution < 1.29 is 4.39 Å². The van der Waals surface area contributed by atoms with E-state index in [1.807, 2.05) is 42.6 Å². The van der Waals surface area contributed by atoms with Gasteiger partial charge in [0.1, 0.15) is 17.3 Å². The second kappa shape index (κ2) is 8.55. The Labute approximate surface area is 194 Å². The molecule has 2 N–H and O–H groups in total. The minimum absolute atomic E-state index is 0.257. The van der Waals surface area contributed by atoms with E-state index in [9.17, 15) is 4.39 Å². The number of hydrogen-bond donors (Lipinski definition) is 2. The molecule has 168 valence electrons. The zero-order valence-corrected chi connectivity index (χ0v) is 18.4. The molecule has 0 saturated carbocycles. The highest BCUT2D eigenvalue weighted by molar-refractivity contribution is 5.81. The third-order valence-corrected chi connectivity index (χ3v) is 6.03. The number of pyridine rings is 1. The Morgan fingerprint density at radius 3 is 2.74 bits per heavy atom. The minimum atomic E-state index is -0.257. The van der Waals surface area contributed by atoms with Gasteiger partial charge in [0.25, 0.3) is 0 Å². The van der Waals surface area contributed by atoms with Gasteiger partial charge in [-0.2, -0.15) is 0 Å². The van der Waals surface area contributed by atoms with E-state index in [0.717, 1.165) is 69.9 Å². The zero-order valence-electron chi connectivity index (χ0n) is 18.4. The number of fused-ring (bicyclic) bond motifs is 2. The number of nitrogens with zero attached hydrogens (tertiary/aromatic N) is 5. The number of benzene rings is 2. The Morgan fingerprint density at radius 2 is 1.82 bits per heavy atom. The predicted molar refractivity (Wildman–Crippen MR) is 129 cm³/mol. The van der Waals surface area contributed by atoms with Gasteiger partial charge in [-0.1, -0.05) is 24.3 Å². The fourth-order valence-corrected chi connectivity index (χ4v) is 4.36. The van der Waals surface area contributed by atoms with Crippen LogP contribution < -0.4 is 0 Å². The lowest BCUT2D eigenvalue weighted by atomic mass is 10.2. The van der Waals surface area contributed by atoms with E-state index in [0.29, 0.717) is 6.42 Å². The van der Waals surface area contributed by atoms with Crippen LogP contribution in [0.5, 0.6) is 0 Å². The van der Waals surface area contributed by atoms with Crippen LogP contribution in [0.4, 0.5) is 4.39 Å². The summed E-state index contributed by atoms with van der Waals surface area (Å²) in [4.78, 5) is 15.4. The lowest BCUT2D eigenvalue weighted by Gasteiger charge is -2.10. The van der Waals surface area contributed by atoms with Crippen LogP contribution in [0.3, 0.4) is 0 Å². The second-order valence-electron chi connectivity index (χ2n) is 8.36. The molecule has 0 saturated heterocycles. The quantitative estimate of drug-likeness (QED) is 0.355. The molecule has 6 aromatic rings. The number of aromatic amines is 2. The lowest BCUT2D eigenvalue weighted by Crippen LogP contribution is -2.08. The van der Waals surface area contributed by atoms with Crippen molar-refractivity contribution in [3.8, 4) is 11.5 Å². The summed E-state index contributed by atoms with van der Waals surface area (Å²) in [7, 11) is 0. The SMILES string of the molecule is Fc1ccc2cc(Cc3nnc(-c4ccc5ccccc5n4)n3CCCc3cnc[nH]3)[nH]c2c1. The maximum absolute atomic E-state index is 13.6. The summed E-state index contributed by atoms with van der Waals surface area (Å²) in [6, 6.07) is 18.9. The molecule has 8 heteroatoms. The molecule has 0 aliphatic carbocycles. The van der Waals surface area contributed by atoms with Gasteiger partial charge >= 0.3 is 0 Å². The number of rotatable bonds is 7. The molecule has 0 spiro atoms. The fraction of sp³-hybridized carbons (Fsp3) is 0.154.